The number of halogens is 2. The van der Waals surface area contributed by atoms with E-state index in [0.29, 0.717) is 45.9 Å². The van der Waals surface area contributed by atoms with E-state index >= 15 is 0 Å². The molecule has 0 aliphatic heterocycles. The molecule has 1 heterocycles. The molecule has 0 bridgehead atoms. The summed E-state index contributed by atoms with van der Waals surface area (Å²) in [5, 5.41) is 6.75. The van der Waals surface area contributed by atoms with Crippen molar-refractivity contribution in [3.63, 3.8) is 0 Å². The molecular formula is C31H33F2N3O5S. The zero-order valence-corrected chi connectivity index (χ0v) is 24.8. The van der Waals surface area contributed by atoms with Crippen LogP contribution in [0.3, 0.4) is 0 Å². The lowest BCUT2D eigenvalue weighted by atomic mass is 10.1. The molecule has 11 heteroatoms. The van der Waals surface area contributed by atoms with Gasteiger partial charge in [-0.05, 0) is 61.6 Å². The number of aldehydes is 1. The van der Waals surface area contributed by atoms with Gasteiger partial charge in [0.25, 0.3) is 0 Å². The number of carbonyl (C=O) groups is 2. The highest BCUT2D eigenvalue weighted by atomic mass is 32.2. The van der Waals surface area contributed by atoms with E-state index < -0.39 is 5.82 Å². The van der Waals surface area contributed by atoms with E-state index in [4.69, 9.17) is 14.2 Å². The minimum Gasteiger partial charge on any atom is -0.493 e. The van der Waals surface area contributed by atoms with E-state index in [9.17, 15) is 18.4 Å². The number of thioether (sulfide) groups is 1. The molecule has 8 nitrogen and oxygen atoms in total. The van der Waals surface area contributed by atoms with Gasteiger partial charge in [-0.1, -0.05) is 6.92 Å². The predicted octanol–water partition coefficient (Wildman–Crippen LogP) is 7.33. The summed E-state index contributed by atoms with van der Waals surface area (Å²) in [6.45, 7) is 1.99. The predicted molar refractivity (Wildman–Crippen MR) is 162 cm³/mol. The maximum Gasteiger partial charge on any atom is 0.211 e. The number of nitrogens with one attached hydrogen (secondary N) is 2. The normalized spacial score (nSPS) is 12.5. The Bertz CT molecular complexity index is 1520. The largest absolute Gasteiger partial charge is 0.493 e. The van der Waals surface area contributed by atoms with Crippen LogP contribution < -0.4 is 24.8 Å². The quantitative estimate of drug-likeness (QED) is 0.153. The number of pyridine rings is 1. The molecule has 5 rings (SSSR count). The highest BCUT2D eigenvalue weighted by molar-refractivity contribution is 7.98. The van der Waals surface area contributed by atoms with Gasteiger partial charge in [-0.15, -0.1) is 11.8 Å². The highest BCUT2D eigenvalue weighted by Gasteiger charge is 2.36. The van der Waals surface area contributed by atoms with Gasteiger partial charge < -0.3 is 29.6 Å². The molecule has 222 valence electrons. The second kappa shape index (κ2) is 15.0. The third-order valence-electron chi connectivity index (χ3n) is 6.30. The number of benzene rings is 3. The molecule has 1 amide bonds. The molecule has 0 atom stereocenters. The standard InChI is InChI=1S/C19H19FN2O3S.C7H6FNO.C5H8O/c1-21-11-5-6-15(13(20)7-11)25-16-10-19(26-4)22-14-9-18(24-3)17(23-2)8-12(14)16;8-6-1-3-7(4-2-6)9-5-10;1-5(4-6)2-3-5/h5-10,21H,1-4H3;1-5H,(H,9,10);4H,2-3H2,1H3. The number of fused-ring (bicyclic) bond motifs is 1. The summed E-state index contributed by atoms with van der Waals surface area (Å²) in [4.78, 5) is 24.3. The van der Waals surface area contributed by atoms with E-state index in [2.05, 4.69) is 15.6 Å². The molecule has 4 aromatic rings. The van der Waals surface area contributed by atoms with Gasteiger partial charge in [0.05, 0.1) is 19.7 Å². The number of hydrogen-bond acceptors (Lipinski definition) is 8. The number of amides is 1. The fourth-order valence-corrected chi connectivity index (χ4v) is 3.89. The summed E-state index contributed by atoms with van der Waals surface area (Å²) in [7, 11) is 4.86. The Hall–Kier alpha value is -4.38. The van der Waals surface area contributed by atoms with Crippen LogP contribution in [-0.4, -0.2) is 45.2 Å². The van der Waals surface area contributed by atoms with Crippen LogP contribution in [0, 0.1) is 17.0 Å². The number of rotatable bonds is 9. The number of ether oxygens (including phenoxy) is 3. The molecule has 0 saturated heterocycles. The monoisotopic (exact) mass is 597 g/mol. The van der Waals surface area contributed by atoms with E-state index in [-0.39, 0.29) is 17.0 Å². The molecule has 42 heavy (non-hydrogen) atoms. The molecule has 3 aromatic carbocycles. The average Bonchev–Trinajstić information content (AvgIpc) is 3.76. The molecule has 1 aromatic heterocycles. The molecule has 1 saturated carbocycles. The van der Waals surface area contributed by atoms with Gasteiger partial charge in [0.15, 0.2) is 23.1 Å². The lowest BCUT2D eigenvalue weighted by Gasteiger charge is -2.14. The number of anilines is 2. The van der Waals surface area contributed by atoms with Crippen molar-refractivity contribution in [2.24, 2.45) is 5.41 Å². The van der Waals surface area contributed by atoms with Gasteiger partial charge in [-0.3, -0.25) is 4.79 Å². The summed E-state index contributed by atoms with van der Waals surface area (Å²) < 4.78 is 43.1. The second-order valence-electron chi connectivity index (χ2n) is 9.43. The summed E-state index contributed by atoms with van der Waals surface area (Å²) in [6.07, 6.45) is 5.73. The summed E-state index contributed by atoms with van der Waals surface area (Å²) in [5.41, 5.74) is 2.05. The van der Waals surface area contributed by atoms with Gasteiger partial charge in [-0.25, -0.2) is 13.8 Å². The van der Waals surface area contributed by atoms with Crippen molar-refractivity contribution in [1.82, 2.24) is 4.98 Å². The third-order valence-corrected chi connectivity index (χ3v) is 6.92. The Kier molecular flexibility index (Phi) is 11.5. The minimum absolute atomic E-state index is 0.111. The molecule has 1 aliphatic rings. The van der Waals surface area contributed by atoms with Crippen molar-refractivity contribution in [2.75, 3.05) is 38.2 Å². The summed E-state index contributed by atoms with van der Waals surface area (Å²) >= 11 is 1.48. The first-order valence-corrected chi connectivity index (χ1v) is 14.1. The van der Waals surface area contributed by atoms with Crippen LogP contribution in [0.1, 0.15) is 19.8 Å². The van der Waals surface area contributed by atoms with Crippen molar-refractivity contribution in [3.05, 3.63) is 72.3 Å². The van der Waals surface area contributed by atoms with E-state index in [1.807, 2.05) is 13.2 Å². The molecule has 1 aliphatic carbocycles. The zero-order valence-electron chi connectivity index (χ0n) is 24.0. The van der Waals surface area contributed by atoms with Crippen molar-refractivity contribution in [2.45, 2.75) is 24.8 Å². The van der Waals surface area contributed by atoms with Crippen LogP contribution in [0.25, 0.3) is 10.9 Å². The van der Waals surface area contributed by atoms with Gasteiger partial charge in [0.2, 0.25) is 6.41 Å². The molecule has 1 fully saturated rings. The molecule has 2 N–H and O–H groups in total. The van der Waals surface area contributed by atoms with Crippen LogP contribution in [0.5, 0.6) is 23.0 Å². The Morgan fingerprint density at radius 1 is 0.881 bits per heavy atom. The van der Waals surface area contributed by atoms with Gasteiger partial charge >= 0.3 is 0 Å². The number of methoxy groups -OCH3 is 2. The van der Waals surface area contributed by atoms with Crippen molar-refractivity contribution in [1.29, 1.82) is 0 Å². The highest BCUT2D eigenvalue weighted by Crippen LogP contribution is 2.42. The lowest BCUT2D eigenvalue weighted by Crippen LogP contribution is -1.96. The summed E-state index contributed by atoms with van der Waals surface area (Å²) in [5.74, 6) is 0.995. The molecule has 0 radical (unpaired) electrons. The molecular weight excluding hydrogens is 564 g/mol. The Balaban J connectivity index is 0.000000245. The van der Waals surface area contributed by atoms with E-state index in [1.165, 1.54) is 42.1 Å². The SMILES string of the molecule is CC1(C=O)CC1.CNc1ccc(Oc2cc(SC)nc3cc(OC)c(OC)cc23)c(F)c1.O=CNc1ccc(F)cc1. The van der Waals surface area contributed by atoms with E-state index in [1.54, 1.807) is 51.6 Å². The molecule has 0 unspecified atom stereocenters. The maximum atomic E-state index is 14.3. The van der Waals surface area contributed by atoms with Gasteiger partial charge in [0, 0.05) is 47.4 Å². The van der Waals surface area contributed by atoms with Gasteiger partial charge in [0.1, 0.15) is 22.9 Å². The first-order valence-electron chi connectivity index (χ1n) is 12.9. The average molecular weight is 598 g/mol. The summed E-state index contributed by atoms with van der Waals surface area (Å²) in [6, 6.07) is 15.6. The first kappa shape index (κ1) is 32.1. The van der Waals surface area contributed by atoms with Crippen LogP contribution in [0.4, 0.5) is 20.2 Å². The smallest absolute Gasteiger partial charge is 0.211 e. The Labute approximate surface area is 247 Å². The lowest BCUT2D eigenvalue weighted by molar-refractivity contribution is -0.111. The van der Waals surface area contributed by atoms with Crippen LogP contribution >= 0.6 is 11.8 Å². The second-order valence-corrected chi connectivity index (χ2v) is 10.3. The van der Waals surface area contributed by atoms with Gasteiger partial charge in [-0.2, -0.15) is 0 Å². The van der Waals surface area contributed by atoms with Crippen LogP contribution in [-0.2, 0) is 9.59 Å². The Morgan fingerprint density at radius 3 is 2.02 bits per heavy atom. The van der Waals surface area contributed by atoms with Crippen molar-refractivity contribution < 1.29 is 32.6 Å². The molecule has 0 spiro atoms. The van der Waals surface area contributed by atoms with Crippen LogP contribution in [0.15, 0.2) is 65.7 Å². The van der Waals surface area contributed by atoms with E-state index in [0.717, 1.165) is 24.2 Å². The zero-order chi connectivity index (χ0) is 30.7. The number of carbonyl (C=O) groups excluding carboxylic acids is 2. The van der Waals surface area contributed by atoms with Crippen molar-refractivity contribution >= 4 is 46.7 Å². The topological polar surface area (TPSA) is 98.8 Å². The maximum absolute atomic E-state index is 14.3. The first-order chi connectivity index (χ1) is 20.2. The minimum atomic E-state index is -0.451. The third kappa shape index (κ3) is 8.81. The fraction of sp³-hybridized carbons (Fsp3) is 0.258. The number of aromatic nitrogens is 1. The number of nitrogens with zero attached hydrogens (tertiary/aromatic N) is 1. The Morgan fingerprint density at radius 2 is 1.52 bits per heavy atom. The van der Waals surface area contributed by atoms with Crippen molar-refractivity contribution in [3.8, 4) is 23.0 Å². The van der Waals surface area contributed by atoms with Crippen LogP contribution in [0.2, 0.25) is 0 Å². The fourth-order valence-electron chi connectivity index (χ4n) is 3.47. The number of hydrogen-bond donors (Lipinski definition) is 2.